The van der Waals surface area contributed by atoms with E-state index in [-0.39, 0.29) is 11.4 Å². The summed E-state index contributed by atoms with van der Waals surface area (Å²) in [4.78, 5) is 29.1. The summed E-state index contributed by atoms with van der Waals surface area (Å²) in [7, 11) is 0. The standard InChI is InChI=1S/C26H34N8O/c1-17(2)20-15-33(11-10-27-20)19-6-7-22(28-14-19)31-25-29-13-18-12-21-24(35)30-16-26(8-4-3-5-9-26)34(21)23(18)32-25/h6-7,12-14,17,20,27H,3-5,8-11,15-16H2,1-2H3,(H,30,35)(H,28,29,31,32). The number of carbonyl (C=O) groups is 1. The number of carbonyl (C=O) groups excluding carboxylic acids is 1. The lowest BCUT2D eigenvalue weighted by molar-refractivity contribution is 0.0833. The van der Waals surface area contributed by atoms with Crippen LogP contribution in [0.2, 0.25) is 0 Å². The van der Waals surface area contributed by atoms with Gasteiger partial charge in [0.1, 0.15) is 17.2 Å². The molecular weight excluding hydrogens is 440 g/mol. The molecule has 5 heterocycles. The molecule has 1 unspecified atom stereocenters. The number of rotatable bonds is 4. The number of nitrogens with zero attached hydrogens (tertiary/aromatic N) is 5. The van der Waals surface area contributed by atoms with Crippen LogP contribution in [0.25, 0.3) is 11.0 Å². The van der Waals surface area contributed by atoms with Crippen molar-refractivity contribution in [3.8, 4) is 0 Å². The average Bonchev–Trinajstić information content (AvgIpc) is 3.28. The van der Waals surface area contributed by atoms with Crippen molar-refractivity contribution in [3.63, 3.8) is 0 Å². The smallest absolute Gasteiger partial charge is 0.268 e. The summed E-state index contributed by atoms with van der Waals surface area (Å²) in [6.45, 7) is 8.13. The number of amides is 1. The highest BCUT2D eigenvalue weighted by molar-refractivity contribution is 5.99. The van der Waals surface area contributed by atoms with Crippen LogP contribution in [0.5, 0.6) is 0 Å². The molecule has 35 heavy (non-hydrogen) atoms. The second-order valence-corrected chi connectivity index (χ2v) is 10.6. The fourth-order valence-electron chi connectivity index (χ4n) is 5.94. The highest BCUT2D eigenvalue weighted by Crippen LogP contribution is 2.40. The molecule has 2 aliphatic heterocycles. The van der Waals surface area contributed by atoms with Gasteiger partial charge in [0.05, 0.1) is 17.4 Å². The molecule has 1 atom stereocenters. The summed E-state index contributed by atoms with van der Waals surface area (Å²) in [5.74, 6) is 1.77. The summed E-state index contributed by atoms with van der Waals surface area (Å²) in [6.07, 6.45) is 9.44. The van der Waals surface area contributed by atoms with Crippen LogP contribution in [0.4, 0.5) is 17.5 Å². The topological polar surface area (TPSA) is 100 Å². The van der Waals surface area contributed by atoms with Gasteiger partial charge in [-0.25, -0.2) is 9.97 Å². The first-order valence-corrected chi connectivity index (χ1v) is 12.9. The van der Waals surface area contributed by atoms with Crippen molar-refractivity contribution in [1.82, 2.24) is 30.2 Å². The number of hydrogen-bond acceptors (Lipinski definition) is 7. The molecule has 1 saturated heterocycles. The first-order valence-electron chi connectivity index (χ1n) is 12.9. The quantitative estimate of drug-likeness (QED) is 0.533. The van der Waals surface area contributed by atoms with Gasteiger partial charge < -0.3 is 25.4 Å². The van der Waals surface area contributed by atoms with E-state index < -0.39 is 0 Å². The van der Waals surface area contributed by atoms with Gasteiger partial charge in [0.2, 0.25) is 5.95 Å². The molecule has 3 aromatic heterocycles. The minimum Gasteiger partial charge on any atom is -0.367 e. The molecule has 184 valence electrons. The number of pyridine rings is 1. The van der Waals surface area contributed by atoms with Gasteiger partial charge in [-0.3, -0.25) is 4.79 Å². The summed E-state index contributed by atoms with van der Waals surface area (Å²) in [5, 5.41) is 10.9. The Morgan fingerprint density at radius 3 is 2.77 bits per heavy atom. The maximum Gasteiger partial charge on any atom is 0.268 e. The normalized spacial score (nSPS) is 21.9. The molecule has 1 amide bonds. The number of piperazine rings is 1. The Labute approximate surface area is 205 Å². The van der Waals surface area contributed by atoms with Crippen LogP contribution in [0.3, 0.4) is 0 Å². The molecule has 3 aliphatic rings. The van der Waals surface area contributed by atoms with E-state index in [1.807, 2.05) is 18.3 Å². The third kappa shape index (κ3) is 4.01. The highest BCUT2D eigenvalue weighted by Gasteiger charge is 2.41. The van der Waals surface area contributed by atoms with E-state index in [1.165, 1.54) is 19.3 Å². The van der Waals surface area contributed by atoms with Gasteiger partial charge in [0, 0.05) is 43.8 Å². The van der Waals surface area contributed by atoms with Crippen molar-refractivity contribution >= 4 is 34.4 Å². The lowest BCUT2D eigenvalue weighted by atomic mass is 9.80. The Hall–Kier alpha value is -3.20. The van der Waals surface area contributed by atoms with Crippen LogP contribution in [0.15, 0.2) is 30.6 Å². The third-order valence-corrected chi connectivity index (χ3v) is 7.97. The van der Waals surface area contributed by atoms with Crippen molar-refractivity contribution < 1.29 is 4.79 Å². The fraction of sp³-hybridized carbons (Fsp3) is 0.538. The Balaban J connectivity index is 1.26. The average molecular weight is 475 g/mol. The molecule has 0 bridgehead atoms. The number of hydrogen-bond donors (Lipinski definition) is 3. The van der Waals surface area contributed by atoms with Crippen molar-refractivity contribution in [2.45, 2.75) is 57.5 Å². The van der Waals surface area contributed by atoms with E-state index >= 15 is 0 Å². The number of anilines is 3. The molecule has 1 spiro atoms. The predicted octanol–water partition coefficient (Wildman–Crippen LogP) is 3.41. The van der Waals surface area contributed by atoms with Crippen LogP contribution in [0.1, 0.15) is 56.4 Å². The summed E-state index contributed by atoms with van der Waals surface area (Å²) in [6, 6.07) is 6.51. The van der Waals surface area contributed by atoms with Crippen LogP contribution in [-0.2, 0) is 5.54 Å². The molecule has 9 nitrogen and oxygen atoms in total. The second-order valence-electron chi connectivity index (χ2n) is 10.6. The first-order chi connectivity index (χ1) is 17.0. The van der Waals surface area contributed by atoms with Gasteiger partial charge >= 0.3 is 0 Å². The zero-order chi connectivity index (χ0) is 24.0. The lowest BCUT2D eigenvalue weighted by Crippen LogP contribution is -2.53. The van der Waals surface area contributed by atoms with E-state index in [2.05, 4.69) is 55.3 Å². The maximum atomic E-state index is 12.7. The Bertz CT molecular complexity index is 1230. The Morgan fingerprint density at radius 2 is 2.00 bits per heavy atom. The molecule has 6 rings (SSSR count). The zero-order valence-electron chi connectivity index (χ0n) is 20.5. The van der Waals surface area contributed by atoms with Crippen LogP contribution >= 0.6 is 0 Å². The monoisotopic (exact) mass is 474 g/mol. The molecule has 3 aromatic rings. The predicted molar refractivity (Wildman–Crippen MR) is 137 cm³/mol. The summed E-state index contributed by atoms with van der Waals surface area (Å²) >= 11 is 0. The lowest BCUT2D eigenvalue weighted by Gasteiger charge is -2.42. The highest BCUT2D eigenvalue weighted by atomic mass is 16.2. The van der Waals surface area contributed by atoms with E-state index in [0.717, 1.165) is 49.2 Å². The fourth-order valence-corrected chi connectivity index (χ4v) is 5.94. The number of fused-ring (bicyclic) bond motifs is 4. The minimum absolute atomic E-state index is 0.0291. The van der Waals surface area contributed by atoms with Gasteiger partial charge in [-0.05, 0) is 37.0 Å². The van der Waals surface area contributed by atoms with Gasteiger partial charge in [-0.1, -0.05) is 33.1 Å². The van der Waals surface area contributed by atoms with E-state index in [1.54, 1.807) is 6.20 Å². The Kier molecular flexibility index (Phi) is 5.59. The third-order valence-electron chi connectivity index (χ3n) is 7.97. The second kappa shape index (κ2) is 8.78. The zero-order valence-corrected chi connectivity index (χ0v) is 20.5. The number of nitrogens with one attached hydrogen (secondary N) is 3. The summed E-state index contributed by atoms with van der Waals surface area (Å²) < 4.78 is 2.19. The molecule has 0 radical (unpaired) electrons. The van der Waals surface area contributed by atoms with Gasteiger partial charge in [-0.15, -0.1) is 0 Å². The molecule has 1 saturated carbocycles. The first kappa shape index (κ1) is 22.3. The Morgan fingerprint density at radius 1 is 1.14 bits per heavy atom. The van der Waals surface area contributed by atoms with Gasteiger partial charge in [-0.2, -0.15) is 4.98 Å². The van der Waals surface area contributed by atoms with E-state index in [9.17, 15) is 4.79 Å². The number of aromatic nitrogens is 4. The van der Waals surface area contributed by atoms with Crippen LogP contribution in [0, 0.1) is 5.92 Å². The van der Waals surface area contributed by atoms with Crippen molar-refractivity contribution in [1.29, 1.82) is 0 Å². The molecule has 0 aromatic carbocycles. The van der Waals surface area contributed by atoms with Gasteiger partial charge in [0.15, 0.2) is 0 Å². The van der Waals surface area contributed by atoms with Gasteiger partial charge in [0.25, 0.3) is 5.91 Å². The van der Waals surface area contributed by atoms with Crippen LogP contribution in [-0.4, -0.2) is 57.6 Å². The molecule has 2 fully saturated rings. The maximum absolute atomic E-state index is 12.7. The van der Waals surface area contributed by atoms with Crippen molar-refractivity contribution in [3.05, 3.63) is 36.3 Å². The van der Waals surface area contributed by atoms with Crippen LogP contribution < -0.4 is 20.9 Å². The van der Waals surface area contributed by atoms with Crippen molar-refractivity contribution in [2.75, 3.05) is 36.4 Å². The van der Waals surface area contributed by atoms with E-state index in [0.29, 0.717) is 36.0 Å². The molecule has 9 heteroatoms. The minimum atomic E-state index is -0.0914. The molecule has 1 aliphatic carbocycles. The SMILES string of the molecule is CC(C)C1CN(c2ccc(Nc3ncc4cc5n(c4n3)C3(CCCCC3)CNC5=O)nc2)CCN1. The summed E-state index contributed by atoms with van der Waals surface area (Å²) in [5.41, 5.74) is 2.56. The molecule has 3 N–H and O–H groups in total. The molecular formula is C26H34N8O. The van der Waals surface area contributed by atoms with E-state index in [4.69, 9.17) is 4.98 Å². The van der Waals surface area contributed by atoms with Crippen molar-refractivity contribution in [2.24, 2.45) is 5.92 Å². The largest absolute Gasteiger partial charge is 0.367 e.